The first-order valence-electron chi connectivity index (χ1n) is 3.33. The van der Waals surface area contributed by atoms with Crippen molar-refractivity contribution >= 4 is 18.5 Å². The van der Waals surface area contributed by atoms with Gasteiger partial charge in [0.25, 0.3) is 0 Å². The Labute approximate surface area is 88.7 Å². The SMILES string of the molecule is [NH-]C(=O)c1ccc(B(O)O)cc1.[Zn]. The van der Waals surface area contributed by atoms with Gasteiger partial charge in [0.15, 0.2) is 0 Å². The van der Waals surface area contributed by atoms with E-state index in [1.807, 2.05) is 0 Å². The molecular weight excluding hydrogens is 222 g/mol. The van der Waals surface area contributed by atoms with Crippen LogP contribution in [0.15, 0.2) is 24.3 Å². The van der Waals surface area contributed by atoms with Crippen LogP contribution in [0.1, 0.15) is 10.4 Å². The predicted octanol–water partition coefficient (Wildman–Crippen LogP) is -0.444. The van der Waals surface area contributed by atoms with E-state index < -0.39 is 13.0 Å². The Kier molecular flexibility index (Phi) is 4.84. The molecule has 0 bridgehead atoms. The van der Waals surface area contributed by atoms with E-state index in [0.29, 0.717) is 5.46 Å². The van der Waals surface area contributed by atoms with Crippen LogP contribution in [0.25, 0.3) is 5.73 Å². The second-order valence-corrected chi connectivity index (χ2v) is 2.32. The molecule has 0 saturated heterocycles. The van der Waals surface area contributed by atoms with Crippen molar-refractivity contribution in [2.75, 3.05) is 0 Å². The first-order chi connectivity index (χ1) is 5.61. The van der Waals surface area contributed by atoms with Crippen molar-refractivity contribution in [3.8, 4) is 0 Å². The van der Waals surface area contributed by atoms with Gasteiger partial charge in [-0.2, -0.15) is 0 Å². The first-order valence-corrected chi connectivity index (χ1v) is 3.33. The van der Waals surface area contributed by atoms with Gasteiger partial charge in [0, 0.05) is 19.5 Å². The maximum atomic E-state index is 10.5. The van der Waals surface area contributed by atoms with Gasteiger partial charge in [-0.15, -0.1) is 0 Å². The quantitative estimate of drug-likeness (QED) is 0.674. The molecule has 0 unspecified atom stereocenters. The molecule has 0 aliphatic carbocycles. The maximum absolute atomic E-state index is 10.5. The Balaban J connectivity index is 0.00000144. The number of hydrogen-bond donors (Lipinski definition) is 2. The van der Waals surface area contributed by atoms with E-state index in [1.54, 1.807) is 0 Å². The zero-order valence-electron chi connectivity index (χ0n) is 6.90. The molecule has 0 saturated carbocycles. The smallest absolute Gasteiger partial charge is 0.488 e. The van der Waals surface area contributed by atoms with Gasteiger partial charge >= 0.3 is 7.12 Å². The number of carbonyl (C=O) groups excluding carboxylic acids is 1. The van der Waals surface area contributed by atoms with Crippen LogP contribution in [0.2, 0.25) is 0 Å². The van der Waals surface area contributed by atoms with Crippen LogP contribution >= 0.6 is 0 Å². The average Bonchev–Trinajstić information content (AvgIpc) is 2.04. The van der Waals surface area contributed by atoms with Crippen molar-refractivity contribution in [3.05, 3.63) is 35.6 Å². The van der Waals surface area contributed by atoms with Crippen molar-refractivity contribution in [3.63, 3.8) is 0 Å². The normalized spacial score (nSPS) is 8.77. The fourth-order valence-electron chi connectivity index (χ4n) is 0.807. The van der Waals surface area contributed by atoms with Crippen molar-refractivity contribution < 1.29 is 34.3 Å². The number of rotatable bonds is 2. The summed E-state index contributed by atoms with van der Waals surface area (Å²) in [6.07, 6.45) is 0. The number of nitrogens with one attached hydrogen (secondary N) is 1. The Hall–Kier alpha value is -0.702. The largest absolute Gasteiger partial charge is 0.664 e. The van der Waals surface area contributed by atoms with Crippen LogP contribution in [-0.4, -0.2) is 23.1 Å². The molecule has 0 aromatic heterocycles. The van der Waals surface area contributed by atoms with Gasteiger partial charge in [0.05, 0.1) is 5.91 Å². The van der Waals surface area contributed by atoms with E-state index >= 15 is 0 Å². The van der Waals surface area contributed by atoms with Gasteiger partial charge in [0.2, 0.25) is 0 Å². The van der Waals surface area contributed by atoms with E-state index in [9.17, 15) is 4.79 Å². The molecule has 0 atom stereocenters. The van der Waals surface area contributed by atoms with E-state index in [1.165, 1.54) is 24.3 Å². The van der Waals surface area contributed by atoms with Crippen LogP contribution in [0.3, 0.4) is 0 Å². The number of carbonyl (C=O) groups is 1. The maximum Gasteiger partial charge on any atom is 0.488 e. The average molecular weight is 229 g/mol. The van der Waals surface area contributed by atoms with Gasteiger partial charge in [-0.25, -0.2) is 0 Å². The molecule has 64 valence electrons. The number of benzene rings is 1. The van der Waals surface area contributed by atoms with Crippen LogP contribution in [0, 0.1) is 0 Å². The Bertz CT molecular complexity index is 288. The molecule has 0 radical (unpaired) electrons. The molecule has 1 amide bonds. The molecule has 1 rings (SSSR count). The summed E-state index contributed by atoms with van der Waals surface area (Å²) < 4.78 is 0. The molecule has 6 heteroatoms. The molecule has 0 aliphatic heterocycles. The predicted molar refractivity (Wildman–Crippen MR) is 44.9 cm³/mol. The summed E-state index contributed by atoms with van der Waals surface area (Å²) in [6, 6.07) is 5.55. The summed E-state index contributed by atoms with van der Waals surface area (Å²) in [6.45, 7) is 0. The van der Waals surface area contributed by atoms with Crippen molar-refractivity contribution in [2.45, 2.75) is 0 Å². The standard InChI is InChI=1S/C7H8BNO3.Zn/c9-7(10)5-1-3-6(4-2-5)8(11)12;/h1-4,11-12H,(H2,9,10);/p-1. The number of hydrogen-bond acceptors (Lipinski definition) is 3. The molecule has 1 aromatic carbocycles. The van der Waals surface area contributed by atoms with Crippen molar-refractivity contribution in [1.82, 2.24) is 0 Å². The molecule has 3 N–H and O–H groups in total. The second-order valence-electron chi connectivity index (χ2n) is 2.32. The second kappa shape index (κ2) is 5.12. The molecule has 4 nitrogen and oxygen atoms in total. The zero-order chi connectivity index (χ0) is 9.14. The van der Waals surface area contributed by atoms with Gasteiger partial charge in [-0.05, 0) is 11.0 Å². The minimum absolute atomic E-state index is 0. The molecule has 0 fully saturated rings. The molecule has 1 aromatic rings. The summed E-state index contributed by atoms with van der Waals surface area (Å²) in [5, 5.41) is 17.4. The summed E-state index contributed by atoms with van der Waals surface area (Å²) in [7, 11) is -1.53. The minimum atomic E-state index is -1.53. The van der Waals surface area contributed by atoms with Crippen LogP contribution in [0.4, 0.5) is 0 Å². The third-order valence-corrected chi connectivity index (χ3v) is 1.47. The Morgan fingerprint density at radius 1 is 1.23 bits per heavy atom. The van der Waals surface area contributed by atoms with Crippen LogP contribution in [-0.2, 0) is 19.5 Å². The topological polar surface area (TPSA) is 81.3 Å². The monoisotopic (exact) mass is 228 g/mol. The van der Waals surface area contributed by atoms with E-state index in [2.05, 4.69) is 0 Å². The van der Waals surface area contributed by atoms with Crippen LogP contribution < -0.4 is 5.46 Å². The Morgan fingerprint density at radius 3 is 2.00 bits per heavy atom. The van der Waals surface area contributed by atoms with E-state index in [-0.39, 0.29) is 25.0 Å². The molecule has 0 spiro atoms. The summed E-state index contributed by atoms with van der Waals surface area (Å²) in [5.41, 5.74) is 7.27. The van der Waals surface area contributed by atoms with Crippen LogP contribution in [0.5, 0.6) is 0 Å². The molecular formula is C7H7BNO3Zn-. The molecule has 0 aliphatic rings. The van der Waals surface area contributed by atoms with Crippen molar-refractivity contribution in [2.24, 2.45) is 0 Å². The minimum Gasteiger partial charge on any atom is -0.664 e. The third kappa shape index (κ3) is 3.26. The summed E-state index contributed by atoms with van der Waals surface area (Å²) >= 11 is 0. The summed E-state index contributed by atoms with van der Waals surface area (Å²) in [5.74, 6) is -0.783. The van der Waals surface area contributed by atoms with Gasteiger partial charge in [-0.1, -0.05) is 24.3 Å². The van der Waals surface area contributed by atoms with Gasteiger partial charge in [0.1, 0.15) is 0 Å². The fraction of sp³-hybridized carbons (Fsp3) is 0. The van der Waals surface area contributed by atoms with E-state index in [0.717, 1.165) is 0 Å². The molecule has 0 heterocycles. The zero-order valence-corrected chi connectivity index (χ0v) is 9.86. The molecule has 13 heavy (non-hydrogen) atoms. The number of amides is 1. The Morgan fingerprint density at radius 2 is 1.69 bits per heavy atom. The van der Waals surface area contributed by atoms with Crippen molar-refractivity contribution in [1.29, 1.82) is 0 Å². The van der Waals surface area contributed by atoms with Gasteiger partial charge < -0.3 is 20.6 Å². The van der Waals surface area contributed by atoms with E-state index in [4.69, 9.17) is 15.8 Å². The fourth-order valence-corrected chi connectivity index (χ4v) is 0.807. The van der Waals surface area contributed by atoms with Gasteiger partial charge in [-0.3, -0.25) is 0 Å². The third-order valence-electron chi connectivity index (χ3n) is 1.47. The first kappa shape index (κ1) is 12.3. The summed E-state index contributed by atoms with van der Waals surface area (Å²) in [4.78, 5) is 10.5.